The third-order valence-corrected chi connectivity index (χ3v) is 4.30. The first-order valence-corrected chi connectivity index (χ1v) is 10.8. The van der Waals surface area contributed by atoms with Gasteiger partial charge in [-0.2, -0.15) is 0 Å². The summed E-state index contributed by atoms with van der Waals surface area (Å²) in [4.78, 5) is 62.3. The Bertz CT molecular complexity index is 539. The van der Waals surface area contributed by atoms with E-state index in [1.807, 2.05) is 0 Å². The zero-order valence-corrected chi connectivity index (χ0v) is 20.1. The van der Waals surface area contributed by atoms with Crippen molar-refractivity contribution in [2.24, 2.45) is 5.73 Å². The van der Waals surface area contributed by atoms with Gasteiger partial charge in [0.15, 0.2) is 20.5 Å². The summed E-state index contributed by atoms with van der Waals surface area (Å²) in [6.45, 7) is 1.78. The van der Waals surface area contributed by atoms with Crippen molar-refractivity contribution < 1.29 is 24.0 Å². The first-order chi connectivity index (χ1) is 14.0. The fourth-order valence-corrected chi connectivity index (χ4v) is 3.30. The Balaban J connectivity index is 5.06. The lowest BCUT2D eigenvalue weighted by Gasteiger charge is -2.28. The van der Waals surface area contributed by atoms with Gasteiger partial charge in [0.2, 0.25) is 5.91 Å². The number of nitrogens with two attached hydrogens (primary N) is 1. The third kappa shape index (κ3) is 17.1. The van der Waals surface area contributed by atoms with Gasteiger partial charge in [-0.15, -0.1) is 50.5 Å². The molecule has 0 atom stereocenters. The van der Waals surface area contributed by atoms with E-state index in [0.29, 0.717) is 39.3 Å². The number of rotatable bonds is 18. The number of thiol groups is 4. The Hall–Kier alpha value is -0.610. The monoisotopic (exact) mass is 499 g/mol. The minimum atomic E-state index is -0.400. The molecule has 0 unspecified atom stereocenters. The molecule has 3 N–H and O–H groups in total. The summed E-state index contributed by atoms with van der Waals surface area (Å²) in [5.74, 6) is -0.246. The van der Waals surface area contributed by atoms with Crippen molar-refractivity contribution in [3.8, 4) is 0 Å². The molecular weight excluding hydrogens is 470 g/mol. The van der Waals surface area contributed by atoms with Gasteiger partial charge in [-0.05, 0) is 0 Å². The molecule has 30 heavy (non-hydrogen) atoms. The van der Waals surface area contributed by atoms with Crippen LogP contribution in [0.5, 0.6) is 0 Å². The van der Waals surface area contributed by atoms with Crippen molar-refractivity contribution in [2.45, 2.75) is 0 Å². The molecule has 0 heterocycles. The van der Waals surface area contributed by atoms with E-state index in [1.165, 1.54) is 0 Å². The molecule has 10 nitrogen and oxygen atoms in total. The number of carbonyl (C=O) groups excluding carboxylic acids is 5. The summed E-state index contributed by atoms with van der Waals surface area (Å²) in [5.41, 5.74) is 5.39. The van der Waals surface area contributed by atoms with Gasteiger partial charge < -0.3 is 11.1 Å². The number of carbonyl (C=O) groups is 5. The Labute approximate surface area is 198 Å². The van der Waals surface area contributed by atoms with Crippen LogP contribution in [-0.4, -0.2) is 113 Å². The molecule has 0 saturated heterocycles. The number of nitrogens with one attached hydrogen (secondary N) is 1. The second-order valence-corrected chi connectivity index (χ2v) is 8.41. The molecule has 0 saturated carbocycles. The number of nitrogens with zero attached hydrogens (tertiary/aromatic N) is 3. The topological polar surface area (TPSA) is 133 Å². The van der Waals surface area contributed by atoms with Crippen LogP contribution >= 0.6 is 50.5 Å². The SMILES string of the molecule is NCCNC(=O)CN(CCN(CC(=O)S)CC(=O)S)CCN(CC(=O)S)CC(=O)S. The van der Waals surface area contributed by atoms with Gasteiger partial charge in [-0.25, -0.2) is 0 Å². The molecule has 0 rings (SSSR count). The van der Waals surface area contributed by atoms with Crippen LogP contribution in [-0.2, 0) is 24.0 Å². The van der Waals surface area contributed by atoms with E-state index in [0.717, 1.165) is 0 Å². The lowest BCUT2D eigenvalue weighted by atomic mass is 10.3. The summed E-state index contributed by atoms with van der Waals surface area (Å²) >= 11 is 15.0. The Morgan fingerprint density at radius 3 is 1.23 bits per heavy atom. The number of hydrogen-bond donors (Lipinski definition) is 6. The summed E-state index contributed by atoms with van der Waals surface area (Å²) < 4.78 is 0. The maximum atomic E-state index is 12.1. The lowest BCUT2D eigenvalue weighted by molar-refractivity contribution is -0.123. The maximum Gasteiger partial charge on any atom is 0.234 e. The maximum absolute atomic E-state index is 12.1. The quantitative estimate of drug-likeness (QED) is 0.116. The molecule has 0 aliphatic rings. The molecule has 0 bridgehead atoms. The van der Waals surface area contributed by atoms with Crippen LogP contribution in [0.1, 0.15) is 0 Å². The highest BCUT2D eigenvalue weighted by Gasteiger charge is 2.18. The number of hydrogen-bond acceptors (Lipinski definition) is 9. The van der Waals surface area contributed by atoms with Crippen molar-refractivity contribution in [1.82, 2.24) is 20.0 Å². The lowest BCUT2D eigenvalue weighted by Crippen LogP contribution is -2.46. The highest BCUT2D eigenvalue weighted by molar-refractivity contribution is 7.97. The normalized spacial score (nSPS) is 11.2. The Morgan fingerprint density at radius 1 is 0.600 bits per heavy atom. The first kappa shape index (κ1) is 29.4. The summed E-state index contributed by atoms with van der Waals surface area (Å²) in [6.07, 6.45) is 0. The predicted molar refractivity (Wildman–Crippen MR) is 127 cm³/mol. The van der Waals surface area contributed by atoms with E-state index < -0.39 is 20.5 Å². The molecule has 1 amide bonds. The van der Waals surface area contributed by atoms with Gasteiger partial charge >= 0.3 is 0 Å². The second-order valence-electron chi connectivity index (χ2n) is 6.41. The van der Waals surface area contributed by atoms with Crippen molar-refractivity contribution >= 4 is 76.9 Å². The highest BCUT2D eigenvalue weighted by atomic mass is 32.1. The van der Waals surface area contributed by atoms with E-state index in [1.54, 1.807) is 14.7 Å². The van der Waals surface area contributed by atoms with Crippen molar-refractivity contribution in [1.29, 1.82) is 0 Å². The van der Waals surface area contributed by atoms with E-state index >= 15 is 0 Å². The van der Waals surface area contributed by atoms with Crippen molar-refractivity contribution in [2.75, 3.05) is 72.0 Å². The van der Waals surface area contributed by atoms with Gasteiger partial charge in [-0.1, -0.05) is 0 Å². The van der Waals surface area contributed by atoms with E-state index in [-0.39, 0.29) is 38.6 Å². The molecule has 0 aromatic heterocycles. The van der Waals surface area contributed by atoms with Crippen LogP contribution < -0.4 is 11.1 Å². The molecule has 172 valence electrons. The zero-order chi connectivity index (χ0) is 23.1. The average Bonchev–Trinajstić information content (AvgIpc) is 2.59. The van der Waals surface area contributed by atoms with Crippen LogP contribution in [0.3, 0.4) is 0 Å². The van der Waals surface area contributed by atoms with Crippen molar-refractivity contribution in [3.63, 3.8) is 0 Å². The molecule has 0 fully saturated rings. The van der Waals surface area contributed by atoms with Gasteiger partial charge in [0.1, 0.15) is 0 Å². The van der Waals surface area contributed by atoms with E-state index in [9.17, 15) is 24.0 Å². The fourth-order valence-electron chi connectivity index (χ4n) is 2.50. The molecule has 0 aliphatic heterocycles. The standard InChI is InChI=1S/C16H29N5O5S4/c17-1-2-18-12(22)7-19(3-5-20(8-13(23)27)9-14(24)28)4-6-21(10-15(25)29)11-16(26)30/h1-11,17H2,(H,18,22)(H,23,27)(H,24,28)(H,25,29)(H,26,30). The van der Waals surface area contributed by atoms with E-state index in [2.05, 4.69) is 55.8 Å². The average molecular weight is 500 g/mol. The minimum absolute atomic E-state index is 0.0367. The van der Waals surface area contributed by atoms with Crippen LogP contribution in [0.25, 0.3) is 0 Å². The van der Waals surface area contributed by atoms with Crippen LogP contribution in [0.4, 0.5) is 0 Å². The molecule has 0 aromatic rings. The first-order valence-electron chi connectivity index (χ1n) is 9.04. The van der Waals surface area contributed by atoms with Crippen LogP contribution in [0, 0.1) is 0 Å². The zero-order valence-electron chi connectivity index (χ0n) is 16.5. The summed E-state index contributed by atoms with van der Waals surface area (Å²) in [7, 11) is 0. The van der Waals surface area contributed by atoms with Crippen LogP contribution in [0.15, 0.2) is 0 Å². The molecule has 0 aromatic carbocycles. The fraction of sp³-hybridized carbons (Fsp3) is 0.688. The molecular formula is C16H29N5O5S4. The number of amides is 1. The summed E-state index contributed by atoms with van der Waals surface area (Å²) in [6, 6.07) is 0. The largest absolute Gasteiger partial charge is 0.354 e. The molecule has 0 spiro atoms. The van der Waals surface area contributed by atoms with Gasteiger partial charge in [-0.3, -0.25) is 38.7 Å². The Morgan fingerprint density at radius 2 is 0.933 bits per heavy atom. The molecule has 0 aliphatic carbocycles. The molecule has 0 radical (unpaired) electrons. The minimum Gasteiger partial charge on any atom is -0.354 e. The van der Waals surface area contributed by atoms with Crippen molar-refractivity contribution in [3.05, 3.63) is 0 Å². The summed E-state index contributed by atoms with van der Waals surface area (Å²) in [5, 5.41) is 1.07. The van der Waals surface area contributed by atoms with Gasteiger partial charge in [0.05, 0.1) is 32.7 Å². The smallest absolute Gasteiger partial charge is 0.234 e. The van der Waals surface area contributed by atoms with Gasteiger partial charge in [0, 0.05) is 39.3 Å². The van der Waals surface area contributed by atoms with E-state index in [4.69, 9.17) is 5.73 Å². The highest BCUT2D eigenvalue weighted by Crippen LogP contribution is 2.00. The third-order valence-electron chi connectivity index (χ3n) is 3.73. The van der Waals surface area contributed by atoms with Crippen LogP contribution in [0.2, 0.25) is 0 Å². The predicted octanol–water partition coefficient (Wildman–Crippen LogP) is -2.21. The molecule has 14 heteroatoms. The Kier molecular flexibility index (Phi) is 16.7. The van der Waals surface area contributed by atoms with Gasteiger partial charge in [0.25, 0.3) is 0 Å². The second kappa shape index (κ2) is 17.0.